The standard InChI is InChI=1S/C23H27N3O6/c1-25-16(14-8-9-17(29-4)18(10-14)30-5)13-21(26(2)23(25)27)24-22-19(31-6)11-15(28-3)12-20(22)32-7/h8-13H,1-7H3/b24-21-. The van der Waals surface area contributed by atoms with Crippen LogP contribution in [-0.4, -0.2) is 44.7 Å². The highest BCUT2D eigenvalue weighted by molar-refractivity contribution is 5.66. The predicted molar refractivity (Wildman–Crippen MR) is 121 cm³/mol. The lowest BCUT2D eigenvalue weighted by molar-refractivity contribution is 0.355. The van der Waals surface area contributed by atoms with Crippen LogP contribution >= 0.6 is 0 Å². The average molecular weight is 441 g/mol. The molecule has 170 valence electrons. The van der Waals surface area contributed by atoms with Crippen molar-refractivity contribution in [2.45, 2.75) is 0 Å². The minimum atomic E-state index is -0.248. The molecule has 0 spiro atoms. The van der Waals surface area contributed by atoms with Crippen LogP contribution in [0.25, 0.3) is 11.3 Å². The molecule has 3 rings (SSSR count). The van der Waals surface area contributed by atoms with E-state index < -0.39 is 0 Å². The zero-order valence-electron chi connectivity index (χ0n) is 19.3. The summed E-state index contributed by atoms with van der Waals surface area (Å²) >= 11 is 0. The lowest BCUT2D eigenvalue weighted by Crippen LogP contribution is -2.37. The van der Waals surface area contributed by atoms with Gasteiger partial charge in [0.05, 0.1) is 41.2 Å². The molecule has 2 aromatic carbocycles. The minimum absolute atomic E-state index is 0.248. The summed E-state index contributed by atoms with van der Waals surface area (Å²) in [6.45, 7) is 0. The summed E-state index contributed by atoms with van der Waals surface area (Å²) in [5, 5.41) is 0. The Hall–Kier alpha value is -3.88. The first-order valence-corrected chi connectivity index (χ1v) is 9.72. The molecular weight excluding hydrogens is 414 g/mol. The number of ether oxygens (including phenoxy) is 5. The quantitative estimate of drug-likeness (QED) is 0.560. The molecule has 1 heterocycles. The van der Waals surface area contributed by atoms with Crippen LogP contribution in [0.5, 0.6) is 28.7 Å². The van der Waals surface area contributed by atoms with Gasteiger partial charge in [0.1, 0.15) is 16.9 Å². The van der Waals surface area contributed by atoms with Crippen LogP contribution < -0.4 is 34.9 Å². The van der Waals surface area contributed by atoms with Crippen LogP contribution in [0.2, 0.25) is 0 Å². The SMILES string of the molecule is COc1cc(OC)c(/N=c2/cc(-c3ccc(OC)c(OC)c3)n(C)c(=O)n2C)c(OC)c1. The Bertz CT molecular complexity index is 1230. The van der Waals surface area contributed by atoms with Gasteiger partial charge in [0.25, 0.3) is 0 Å². The fraction of sp³-hybridized carbons (Fsp3) is 0.304. The Balaban J connectivity index is 2.30. The fourth-order valence-corrected chi connectivity index (χ4v) is 3.33. The largest absolute Gasteiger partial charge is 0.496 e. The second kappa shape index (κ2) is 9.51. The molecule has 0 radical (unpaired) electrons. The minimum Gasteiger partial charge on any atom is -0.496 e. The molecule has 32 heavy (non-hydrogen) atoms. The van der Waals surface area contributed by atoms with Crippen molar-refractivity contribution >= 4 is 5.69 Å². The Labute approximate surface area is 186 Å². The Morgan fingerprint density at radius 1 is 0.688 bits per heavy atom. The molecule has 0 saturated carbocycles. The van der Waals surface area contributed by atoms with Gasteiger partial charge in [0.2, 0.25) is 0 Å². The first-order chi connectivity index (χ1) is 15.4. The summed E-state index contributed by atoms with van der Waals surface area (Å²) in [6, 6.07) is 10.7. The van der Waals surface area contributed by atoms with Crippen molar-refractivity contribution in [1.82, 2.24) is 9.13 Å². The molecular formula is C23H27N3O6. The predicted octanol–water partition coefficient (Wildman–Crippen LogP) is 2.67. The molecule has 0 aliphatic heterocycles. The van der Waals surface area contributed by atoms with Crippen molar-refractivity contribution in [3.05, 3.63) is 52.4 Å². The smallest absolute Gasteiger partial charge is 0.329 e. The van der Waals surface area contributed by atoms with Crippen molar-refractivity contribution in [2.24, 2.45) is 19.1 Å². The van der Waals surface area contributed by atoms with Crippen molar-refractivity contribution in [3.63, 3.8) is 0 Å². The van der Waals surface area contributed by atoms with Crippen LogP contribution in [0, 0.1) is 0 Å². The van der Waals surface area contributed by atoms with Gasteiger partial charge >= 0.3 is 5.69 Å². The lowest BCUT2D eigenvalue weighted by atomic mass is 10.1. The van der Waals surface area contributed by atoms with Gasteiger partial charge in [-0.3, -0.25) is 9.13 Å². The van der Waals surface area contributed by atoms with Gasteiger partial charge < -0.3 is 23.7 Å². The molecule has 0 aliphatic carbocycles. The first-order valence-electron chi connectivity index (χ1n) is 9.72. The monoisotopic (exact) mass is 441 g/mol. The van der Waals surface area contributed by atoms with Gasteiger partial charge in [-0.2, -0.15) is 0 Å². The van der Waals surface area contributed by atoms with Gasteiger partial charge in [-0.1, -0.05) is 0 Å². The first kappa shape index (κ1) is 22.8. The normalized spacial score (nSPS) is 11.3. The van der Waals surface area contributed by atoms with Crippen LogP contribution in [0.1, 0.15) is 0 Å². The van der Waals surface area contributed by atoms with Crippen molar-refractivity contribution in [1.29, 1.82) is 0 Å². The van der Waals surface area contributed by atoms with Crippen molar-refractivity contribution in [3.8, 4) is 40.0 Å². The third kappa shape index (κ3) is 4.14. The van der Waals surface area contributed by atoms with E-state index in [1.54, 1.807) is 58.2 Å². The maximum Gasteiger partial charge on any atom is 0.329 e. The highest BCUT2D eigenvalue weighted by Crippen LogP contribution is 2.40. The molecule has 0 fully saturated rings. The van der Waals surface area contributed by atoms with E-state index in [1.807, 2.05) is 18.2 Å². The summed E-state index contributed by atoms with van der Waals surface area (Å²) < 4.78 is 30.0. The van der Waals surface area contributed by atoms with E-state index in [9.17, 15) is 4.79 Å². The molecule has 9 heteroatoms. The Kier molecular flexibility index (Phi) is 6.77. The number of aromatic nitrogens is 2. The van der Waals surface area contributed by atoms with Crippen LogP contribution in [0.4, 0.5) is 5.69 Å². The maximum atomic E-state index is 13.0. The summed E-state index contributed by atoms with van der Waals surface area (Å²) in [4.78, 5) is 17.7. The molecule has 0 bridgehead atoms. The number of methoxy groups -OCH3 is 5. The van der Waals surface area contributed by atoms with E-state index >= 15 is 0 Å². The second-order valence-electron chi connectivity index (χ2n) is 6.85. The van der Waals surface area contributed by atoms with E-state index in [4.69, 9.17) is 28.7 Å². The fourth-order valence-electron chi connectivity index (χ4n) is 3.33. The summed E-state index contributed by atoms with van der Waals surface area (Å²) in [5.74, 6) is 2.63. The molecule has 0 unspecified atom stereocenters. The number of hydrogen-bond donors (Lipinski definition) is 0. The zero-order chi connectivity index (χ0) is 23.4. The number of hydrogen-bond acceptors (Lipinski definition) is 7. The van der Waals surface area contributed by atoms with Gasteiger partial charge in [0.15, 0.2) is 23.0 Å². The van der Waals surface area contributed by atoms with E-state index in [-0.39, 0.29) is 5.69 Å². The summed E-state index contributed by atoms with van der Waals surface area (Å²) in [6.07, 6.45) is 0. The Morgan fingerprint density at radius 3 is 1.81 bits per heavy atom. The van der Waals surface area contributed by atoms with E-state index in [0.29, 0.717) is 45.6 Å². The molecule has 1 aromatic heterocycles. The third-order valence-electron chi connectivity index (χ3n) is 5.14. The highest BCUT2D eigenvalue weighted by atomic mass is 16.5. The molecule has 0 amide bonds. The van der Waals surface area contributed by atoms with Crippen LogP contribution in [0.3, 0.4) is 0 Å². The molecule has 0 aliphatic rings. The number of rotatable bonds is 7. The second-order valence-corrected chi connectivity index (χ2v) is 6.85. The molecule has 0 saturated heterocycles. The molecule has 9 nitrogen and oxygen atoms in total. The van der Waals surface area contributed by atoms with Crippen LogP contribution in [0.15, 0.2) is 46.2 Å². The van der Waals surface area contributed by atoms with Gasteiger partial charge in [-0.05, 0) is 18.2 Å². The average Bonchev–Trinajstić information content (AvgIpc) is 2.83. The van der Waals surface area contributed by atoms with Gasteiger partial charge in [0, 0.05) is 37.9 Å². The van der Waals surface area contributed by atoms with Gasteiger partial charge in [-0.25, -0.2) is 9.79 Å². The molecule has 3 aromatic rings. The third-order valence-corrected chi connectivity index (χ3v) is 5.14. The van der Waals surface area contributed by atoms with Crippen LogP contribution in [-0.2, 0) is 14.1 Å². The van der Waals surface area contributed by atoms with E-state index in [0.717, 1.165) is 5.56 Å². The topological polar surface area (TPSA) is 85.4 Å². The lowest BCUT2D eigenvalue weighted by Gasteiger charge is -2.15. The number of nitrogens with zero attached hydrogens (tertiary/aromatic N) is 3. The highest BCUT2D eigenvalue weighted by Gasteiger charge is 2.15. The van der Waals surface area contributed by atoms with E-state index in [1.165, 1.54) is 18.8 Å². The van der Waals surface area contributed by atoms with Crippen molar-refractivity contribution in [2.75, 3.05) is 35.5 Å². The molecule has 0 N–H and O–H groups in total. The van der Waals surface area contributed by atoms with Gasteiger partial charge in [-0.15, -0.1) is 0 Å². The van der Waals surface area contributed by atoms with Crippen molar-refractivity contribution < 1.29 is 23.7 Å². The van der Waals surface area contributed by atoms with E-state index in [2.05, 4.69) is 0 Å². The molecule has 0 atom stereocenters. The maximum absolute atomic E-state index is 13.0. The summed E-state index contributed by atoms with van der Waals surface area (Å²) in [5.41, 5.74) is 2.03. The number of benzene rings is 2. The zero-order valence-corrected chi connectivity index (χ0v) is 19.3. The summed E-state index contributed by atoms with van der Waals surface area (Å²) in [7, 11) is 11.1. The Morgan fingerprint density at radius 2 is 1.28 bits per heavy atom.